The minimum Gasteiger partial charge on any atom is -0.341 e. The minimum atomic E-state index is 0.128. The summed E-state index contributed by atoms with van der Waals surface area (Å²) in [6.07, 6.45) is 3.52. The molecule has 2 saturated heterocycles. The van der Waals surface area contributed by atoms with Crippen LogP contribution in [0.5, 0.6) is 0 Å². The number of benzene rings is 1. The highest BCUT2D eigenvalue weighted by atomic mass is 16.2. The van der Waals surface area contributed by atoms with Gasteiger partial charge in [-0.1, -0.05) is 17.7 Å². The molecule has 3 heterocycles. The second-order valence-electron chi connectivity index (χ2n) is 8.12. The average Bonchev–Trinajstić information content (AvgIpc) is 2.76. The van der Waals surface area contributed by atoms with E-state index < -0.39 is 0 Å². The molecule has 0 bridgehead atoms. The van der Waals surface area contributed by atoms with Gasteiger partial charge in [0.25, 0.3) is 0 Å². The second kappa shape index (κ2) is 8.78. The molecule has 4 rings (SSSR count). The highest BCUT2D eigenvalue weighted by Gasteiger charge is 2.30. The zero-order chi connectivity index (χ0) is 20.2. The van der Waals surface area contributed by atoms with Crippen LogP contribution in [0.2, 0.25) is 0 Å². The monoisotopic (exact) mass is 394 g/mol. The molecule has 2 fully saturated rings. The Morgan fingerprint density at radius 2 is 1.69 bits per heavy atom. The predicted molar refractivity (Wildman–Crippen MR) is 116 cm³/mol. The van der Waals surface area contributed by atoms with E-state index >= 15 is 0 Å². The molecule has 0 radical (unpaired) electrons. The number of aryl methyl sites for hydroxylation is 1. The van der Waals surface area contributed by atoms with E-state index in [0.717, 1.165) is 69.6 Å². The Labute approximate surface area is 172 Å². The first-order valence-corrected chi connectivity index (χ1v) is 10.5. The van der Waals surface area contributed by atoms with Crippen LogP contribution in [0.25, 0.3) is 0 Å². The molecule has 0 aliphatic carbocycles. The highest BCUT2D eigenvalue weighted by molar-refractivity contribution is 5.79. The fourth-order valence-electron chi connectivity index (χ4n) is 3.97. The third-order valence-electron chi connectivity index (χ3n) is 5.91. The Balaban J connectivity index is 1.33. The number of likely N-dealkylation sites (N-methyl/N-ethyl adjacent to an activating group) is 1. The Bertz CT molecular complexity index is 823. The van der Waals surface area contributed by atoms with E-state index in [1.165, 1.54) is 5.56 Å². The number of piperazine rings is 1. The van der Waals surface area contributed by atoms with Crippen LogP contribution in [-0.2, 0) is 4.79 Å². The maximum Gasteiger partial charge on any atom is 0.227 e. The fourth-order valence-corrected chi connectivity index (χ4v) is 3.97. The SMILES string of the molecule is Cc1ccc(Nc2ccnc(N3CCC(C(=O)N4CCN(C)CC4)CC3)n2)cc1. The molecule has 29 heavy (non-hydrogen) atoms. The summed E-state index contributed by atoms with van der Waals surface area (Å²) in [5.74, 6) is 1.97. The van der Waals surface area contributed by atoms with Crippen LogP contribution in [0, 0.1) is 12.8 Å². The first-order chi connectivity index (χ1) is 14.1. The zero-order valence-electron chi connectivity index (χ0n) is 17.3. The Hall–Kier alpha value is -2.67. The van der Waals surface area contributed by atoms with Gasteiger partial charge in [0.15, 0.2) is 0 Å². The number of rotatable bonds is 4. The average molecular weight is 395 g/mol. The molecule has 0 spiro atoms. The highest BCUT2D eigenvalue weighted by Crippen LogP contribution is 2.24. The standard InChI is InChI=1S/C22H30N6O/c1-17-3-5-19(6-4-17)24-20-7-10-23-22(25-20)28-11-8-18(9-12-28)21(29)27-15-13-26(2)14-16-27/h3-7,10,18H,8-9,11-16H2,1-2H3,(H,23,24,25). The predicted octanol–water partition coefficient (Wildman–Crippen LogP) is 2.52. The second-order valence-corrected chi connectivity index (χ2v) is 8.12. The number of nitrogens with zero attached hydrogens (tertiary/aromatic N) is 5. The van der Waals surface area contributed by atoms with Gasteiger partial charge in [-0.15, -0.1) is 0 Å². The van der Waals surface area contributed by atoms with E-state index in [9.17, 15) is 4.79 Å². The van der Waals surface area contributed by atoms with Crippen LogP contribution >= 0.6 is 0 Å². The fraction of sp³-hybridized carbons (Fsp3) is 0.500. The van der Waals surface area contributed by atoms with E-state index in [1.807, 2.05) is 23.1 Å². The molecule has 2 aliphatic rings. The Morgan fingerprint density at radius 1 is 1.00 bits per heavy atom. The van der Waals surface area contributed by atoms with Crippen molar-refractivity contribution in [1.29, 1.82) is 0 Å². The van der Waals surface area contributed by atoms with Gasteiger partial charge < -0.3 is 20.0 Å². The molecule has 2 aromatic rings. The van der Waals surface area contributed by atoms with Gasteiger partial charge in [-0.2, -0.15) is 4.98 Å². The molecular formula is C22H30N6O. The third kappa shape index (κ3) is 4.85. The van der Waals surface area contributed by atoms with Crippen molar-refractivity contribution < 1.29 is 4.79 Å². The summed E-state index contributed by atoms with van der Waals surface area (Å²) < 4.78 is 0. The quantitative estimate of drug-likeness (QED) is 0.860. The maximum absolute atomic E-state index is 12.8. The number of anilines is 3. The van der Waals surface area contributed by atoms with Gasteiger partial charge in [-0.25, -0.2) is 4.98 Å². The summed E-state index contributed by atoms with van der Waals surface area (Å²) in [7, 11) is 2.11. The van der Waals surface area contributed by atoms with Crippen LogP contribution in [0.15, 0.2) is 36.5 Å². The van der Waals surface area contributed by atoms with Crippen molar-refractivity contribution in [3.05, 3.63) is 42.1 Å². The van der Waals surface area contributed by atoms with Crippen molar-refractivity contribution in [3.8, 4) is 0 Å². The first-order valence-electron chi connectivity index (χ1n) is 10.5. The lowest BCUT2D eigenvalue weighted by molar-refractivity contribution is -0.137. The van der Waals surface area contributed by atoms with Crippen LogP contribution in [-0.4, -0.2) is 72.0 Å². The van der Waals surface area contributed by atoms with Gasteiger partial charge in [0.2, 0.25) is 11.9 Å². The summed E-state index contributed by atoms with van der Waals surface area (Å²) in [6, 6.07) is 10.1. The Morgan fingerprint density at radius 3 is 2.38 bits per heavy atom. The first kappa shape index (κ1) is 19.6. The maximum atomic E-state index is 12.8. The van der Waals surface area contributed by atoms with E-state index in [0.29, 0.717) is 5.91 Å². The molecule has 1 aromatic heterocycles. The molecule has 7 nitrogen and oxygen atoms in total. The normalized spacial score (nSPS) is 18.7. The molecule has 7 heteroatoms. The summed E-state index contributed by atoms with van der Waals surface area (Å²) in [4.78, 5) is 28.5. The largest absolute Gasteiger partial charge is 0.341 e. The summed E-state index contributed by atoms with van der Waals surface area (Å²) in [5, 5.41) is 3.34. The zero-order valence-corrected chi connectivity index (χ0v) is 17.3. The molecule has 0 atom stereocenters. The van der Waals surface area contributed by atoms with Crippen molar-refractivity contribution in [1.82, 2.24) is 19.8 Å². The number of hydrogen-bond donors (Lipinski definition) is 1. The van der Waals surface area contributed by atoms with Crippen LogP contribution in [0.1, 0.15) is 18.4 Å². The van der Waals surface area contributed by atoms with E-state index in [4.69, 9.17) is 0 Å². The molecule has 1 aromatic carbocycles. The van der Waals surface area contributed by atoms with Crippen molar-refractivity contribution >= 4 is 23.4 Å². The number of hydrogen-bond acceptors (Lipinski definition) is 6. The molecule has 0 unspecified atom stereocenters. The van der Waals surface area contributed by atoms with Gasteiger partial charge in [-0.3, -0.25) is 4.79 Å². The number of carbonyl (C=O) groups is 1. The molecule has 1 amide bonds. The van der Waals surface area contributed by atoms with Crippen molar-refractivity contribution in [2.75, 3.05) is 56.5 Å². The van der Waals surface area contributed by atoms with Gasteiger partial charge in [-0.05, 0) is 45.0 Å². The number of amides is 1. The smallest absolute Gasteiger partial charge is 0.227 e. The molecule has 0 saturated carbocycles. The lowest BCUT2D eigenvalue weighted by Crippen LogP contribution is -2.50. The van der Waals surface area contributed by atoms with E-state index in [-0.39, 0.29) is 5.92 Å². The number of piperidine rings is 1. The third-order valence-corrected chi connectivity index (χ3v) is 5.91. The molecule has 1 N–H and O–H groups in total. The van der Waals surface area contributed by atoms with Gasteiger partial charge in [0.1, 0.15) is 5.82 Å². The van der Waals surface area contributed by atoms with Gasteiger partial charge >= 0.3 is 0 Å². The van der Waals surface area contributed by atoms with E-state index in [1.54, 1.807) is 6.20 Å². The van der Waals surface area contributed by atoms with Crippen molar-refractivity contribution in [2.24, 2.45) is 5.92 Å². The lowest BCUT2D eigenvalue weighted by atomic mass is 9.95. The summed E-state index contributed by atoms with van der Waals surface area (Å²) in [5.41, 5.74) is 2.24. The minimum absolute atomic E-state index is 0.128. The van der Waals surface area contributed by atoms with Crippen molar-refractivity contribution in [3.63, 3.8) is 0 Å². The van der Waals surface area contributed by atoms with Crippen molar-refractivity contribution in [2.45, 2.75) is 19.8 Å². The Kier molecular flexibility index (Phi) is 5.94. The molecule has 2 aliphatic heterocycles. The molecule has 154 valence electrons. The van der Waals surface area contributed by atoms with Gasteiger partial charge in [0, 0.05) is 57.1 Å². The van der Waals surface area contributed by atoms with Crippen LogP contribution in [0.3, 0.4) is 0 Å². The topological polar surface area (TPSA) is 64.6 Å². The lowest BCUT2D eigenvalue weighted by Gasteiger charge is -2.37. The summed E-state index contributed by atoms with van der Waals surface area (Å²) >= 11 is 0. The van der Waals surface area contributed by atoms with E-state index in [2.05, 4.69) is 51.2 Å². The van der Waals surface area contributed by atoms with Gasteiger partial charge in [0.05, 0.1) is 0 Å². The van der Waals surface area contributed by atoms with Crippen LogP contribution < -0.4 is 10.2 Å². The molecular weight excluding hydrogens is 364 g/mol. The summed E-state index contributed by atoms with van der Waals surface area (Å²) in [6.45, 7) is 7.36. The number of aromatic nitrogens is 2. The number of nitrogens with one attached hydrogen (secondary N) is 1. The van der Waals surface area contributed by atoms with Crippen LogP contribution in [0.4, 0.5) is 17.5 Å². The number of carbonyl (C=O) groups excluding carboxylic acids is 1.